The molecule has 0 bridgehead atoms. The highest BCUT2D eigenvalue weighted by atomic mass is 19.4. The van der Waals surface area contributed by atoms with Crippen LogP contribution in [-0.2, 0) is 15.7 Å². The molecule has 4 atom stereocenters. The van der Waals surface area contributed by atoms with Crippen LogP contribution in [0.2, 0.25) is 0 Å². The van der Waals surface area contributed by atoms with Gasteiger partial charge in [0.15, 0.2) is 0 Å². The highest BCUT2D eigenvalue weighted by molar-refractivity contribution is 6.03. The van der Waals surface area contributed by atoms with E-state index in [1.54, 1.807) is 6.92 Å². The summed E-state index contributed by atoms with van der Waals surface area (Å²) in [4.78, 5) is 16.9. The molecule has 1 saturated carbocycles. The minimum absolute atomic E-state index is 0.113. The maximum Gasteiger partial charge on any atom is 0.416 e. The first-order chi connectivity index (χ1) is 15.8. The SMILES string of the molecule is CCOC(=O)C1CCCC1=NC1CC(c2ccc(-c3ccc(C(F)(F)F)cc3)cc2)NC1O. The van der Waals surface area contributed by atoms with Crippen LogP contribution in [0.15, 0.2) is 53.5 Å². The zero-order chi connectivity index (χ0) is 23.6. The maximum atomic E-state index is 12.8. The maximum absolute atomic E-state index is 12.8. The molecule has 2 aliphatic rings. The van der Waals surface area contributed by atoms with Gasteiger partial charge in [0, 0.05) is 11.8 Å². The first-order valence-corrected chi connectivity index (χ1v) is 11.2. The van der Waals surface area contributed by atoms with Crippen LogP contribution in [-0.4, -0.2) is 35.7 Å². The van der Waals surface area contributed by atoms with Gasteiger partial charge >= 0.3 is 12.1 Å². The van der Waals surface area contributed by atoms with Gasteiger partial charge in [-0.3, -0.25) is 15.1 Å². The summed E-state index contributed by atoms with van der Waals surface area (Å²) in [5.74, 6) is -0.566. The van der Waals surface area contributed by atoms with Crippen molar-refractivity contribution in [1.82, 2.24) is 5.32 Å². The second-order valence-electron chi connectivity index (χ2n) is 8.48. The van der Waals surface area contributed by atoms with E-state index >= 15 is 0 Å². The third-order valence-electron chi connectivity index (χ3n) is 6.30. The number of aliphatic hydroxyl groups excluding tert-OH is 1. The number of hydrogen-bond donors (Lipinski definition) is 2. The van der Waals surface area contributed by atoms with Crippen molar-refractivity contribution >= 4 is 11.7 Å². The molecule has 2 aromatic carbocycles. The molecule has 1 saturated heterocycles. The molecule has 0 spiro atoms. The van der Waals surface area contributed by atoms with E-state index in [9.17, 15) is 23.1 Å². The van der Waals surface area contributed by atoms with Gasteiger partial charge in [0.1, 0.15) is 6.23 Å². The normalized spacial score (nSPS) is 26.6. The van der Waals surface area contributed by atoms with Crippen molar-refractivity contribution in [2.75, 3.05) is 6.61 Å². The number of alkyl halides is 3. The van der Waals surface area contributed by atoms with Gasteiger partial charge in [0.05, 0.1) is 24.1 Å². The molecule has 4 unspecified atom stereocenters. The number of esters is 1. The summed E-state index contributed by atoms with van der Waals surface area (Å²) in [6, 6.07) is 12.1. The van der Waals surface area contributed by atoms with Crippen LogP contribution in [0.4, 0.5) is 13.2 Å². The highest BCUT2D eigenvalue weighted by Gasteiger charge is 2.36. The Morgan fingerprint density at radius 2 is 1.76 bits per heavy atom. The average Bonchev–Trinajstić information content (AvgIpc) is 3.40. The molecule has 4 rings (SSSR count). The monoisotopic (exact) mass is 460 g/mol. The molecular formula is C25H27F3N2O3. The molecule has 176 valence electrons. The number of halogens is 3. The fourth-order valence-corrected chi connectivity index (χ4v) is 4.56. The number of rotatable bonds is 5. The summed E-state index contributed by atoms with van der Waals surface area (Å²) in [5, 5.41) is 13.7. The first kappa shape index (κ1) is 23.4. The molecule has 1 aliphatic carbocycles. The Labute approximate surface area is 190 Å². The summed E-state index contributed by atoms with van der Waals surface area (Å²) in [6.07, 6.45) is -2.25. The quantitative estimate of drug-likeness (QED) is 0.623. The number of carbonyl (C=O) groups excluding carboxylic acids is 1. The van der Waals surface area contributed by atoms with Crippen molar-refractivity contribution in [3.8, 4) is 11.1 Å². The third-order valence-corrected chi connectivity index (χ3v) is 6.30. The number of hydrogen-bond acceptors (Lipinski definition) is 5. The predicted octanol–water partition coefficient (Wildman–Crippen LogP) is 4.90. The Hall–Kier alpha value is -2.71. The molecule has 0 aromatic heterocycles. The molecule has 0 amide bonds. The Balaban J connectivity index is 1.44. The molecule has 2 N–H and O–H groups in total. The molecule has 0 radical (unpaired) electrons. The number of nitrogens with one attached hydrogen (secondary N) is 1. The van der Waals surface area contributed by atoms with Crippen molar-refractivity contribution in [3.63, 3.8) is 0 Å². The average molecular weight is 460 g/mol. The van der Waals surface area contributed by atoms with E-state index in [0.717, 1.165) is 48.2 Å². The van der Waals surface area contributed by atoms with E-state index in [1.807, 2.05) is 24.3 Å². The minimum Gasteiger partial charge on any atom is -0.465 e. The topological polar surface area (TPSA) is 70.9 Å². The van der Waals surface area contributed by atoms with Crippen molar-refractivity contribution in [2.24, 2.45) is 10.9 Å². The molecule has 2 fully saturated rings. The van der Waals surface area contributed by atoms with Crippen LogP contribution >= 0.6 is 0 Å². The van der Waals surface area contributed by atoms with Gasteiger partial charge in [-0.1, -0.05) is 36.4 Å². The second kappa shape index (κ2) is 9.65. The minimum atomic E-state index is -4.36. The van der Waals surface area contributed by atoms with Crippen molar-refractivity contribution in [2.45, 2.75) is 57.1 Å². The molecular weight excluding hydrogens is 433 g/mol. The summed E-state index contributed by atoms with van der Waals surface area (Å²) >= 11 is 0. The lowest BCUT2D eigenvalue weighted by Gasteiger charge is -2.14. The highest BCUT2D eigenvalue weighted by Crippen LogP contribution is 2.34. The number of nitrogens with zero attached hydrogens (tertiary/aromatic N) is 1. The summed E-state index contributed by atoms with van der Waals surface area (Å²) in [6.45, 7) is 2.11. The van der Waals surface area contributed by atoms with Crippen LogP contribution in [0.25, 0.3) is 11.1 Å². The molecule has 8 heteroatoms. The van der Waals surface area contributed by atoms with Crippen molar-refractivity contribution in [1.29, 1.82) is 0 Å². The molecule has 1 heterocycles. The number of carbonyl (C=O) groups is 1. The van der Waals surface area contributed by atoms with Crippen LogP contribution in [0, 0.1) is 5.92 Å². The van der Waals surface area contributed by atoms with E-state index in [-0.39, 0.29) is 24.0 Å². The lowest BCUT2D eigenvalue weighted by atomic mass is 9.98. The Morgan fingerprint density at radius 1 is 1.12 bits per heavy atom. The van der Waals surface area contributed by atoms with Gasteiger partial charge in [-0.25, -0.2) is 0 Å². The molecule has 1 aliphatic heterocycles. The molecule has 33 heavy (non-hydrogen) atoms. The van der Waals surface area contributed by atoms with Crippen LogP contribution in [0.3, 0.4) is 0 Å². The summed E-state index contributed by atoms with van der Waals surface area (Å²) in [7, 11) is 0. The van der Waals surface area contributed by atoms with Gasteiger partial charge in [0.25, 0.3) is 0 Å². The first-order valence-electron chi connectivity index (χ1n) is 11.2. The summed E-state index contributed by atoms with van der Waals surface area (Å²) in [5.41, 5.74) is 2.60. The largest absolute Gasteiger partial charge is 0.465 e. The van der Waals surface area contributed by atoms with Gasteiger partial charge in [-0.15, -0.1) is 0 Å². The Bertz CT molecular complexity index is 1000. The van der Waals surface area contributed by atoms with E-state index in [1.165, 1.54) is 12.1 Å². The summed E-state index contributed by atoms with van der Waals surface area (Å²) < 4.78 is 43.5. The van der Waals surface area contributed by atoms with Crippen LogP contribution < -0.4 is 5.32 Å². The van der Waals surface area contributed by atoms with E-state index in [0.29, 0.717) is 18.6 Å². The molecule has 5 nitrogen and oxygen atoms in total. The number of benzene rings is 2. The van der Waals surface area contributed by atoms with E-state index in [4.69, 9.17) is 9.73 Å². The van der Waals surface area contributed by atoms with Crippen molar-refractivity contribution in [3.05, 3.63) is 59.7 Å². The number of ether oxygens (including phenoxy) is 1. The lowest BCUT2D eigenvalue weighted by molar-refractivity contribution is -0.145. The van der Waals surface area contributed by atoms with Gasteiger partial charge in [-0.2, -0.15) is 13.2 Å². The van der Waals surface area contributed by atoms with Crippen LogP contribution in [0.5, 0.6) is 0 Å². The zero-order valence-corrected chi connectivity index (χ0v) is 18.3. The van der Waals surface area contributed by atoms with Crippen molar-refractivity contribution < 1.29 is 27.8 Å². The number of aliphatic hydroxyl groups is 1. The smallest absolute Gasteiger partial charge is 0.416 e. The van der Waals surface area contributed by atoms with E-state index in [2.05, 4.69) is 5.32 Å². The van der Waals surface area contributed by atoms with Gasteiger partial charge in [0.2, 0.25) is 0 Å². The fourth-order valence-electron chi connectivity index (χ4n) is 4.56. The fraction of sp³-hybridized carbons (Fsp3) is 0.440. The standard InChI is InChI=1S/C25H27F3N2O3/c1-2-33-24(32)19-4-3-5-20(19)29-22-14-21(30-23(22)31)17-8-6-15(7-9-17)16-10-12-18(13-11-16)25(26,27)28/h6-13,19,21-23,30-31H,2-5,14H2,1H3. The third kappa shape index (κ3) is 5.28. The Kier molecular flexibility index (Phi) is 6.86. The second-order valence-corrected chi connectivity index (χ2v) is 8.48. The van der Waals surface area contributed by atoms with Gasteiger partial charge < -0.3 is 9.84 Å². The van der Waals surface area contributed by atoms with Gasteiger partial charge in [-0.05, 0) is 61.4 Å². The number of aliphatic imine (C=N–C) groups is 1. The Morgan fingerprint density at radius 3 is 2.36 bits per heavy atom. The lowest BCUT2D eigenvalue weighted by Crippen LogP contribution is -2.31. The zero-order valence-electron chi connectivity index (χ0n) is 18.3. The van der Waals surface area contributed by atoms with Crippen LogP contribution in [0.1, 0.15) is 49.8 Å². The molecule has 2 aromatic rings. The predicted molar refractivity (Wildman–Crippen MR) is 119 cm³/mol. The van der Waals surface area contributed by atoms with E-state index < -0.39 is 18.0 Å².